The van der Waals surface area contributed by atoms with Crippen LogP contribution in [0.15, 0.2) is 17.3 Å². The highest BCUT2D eigenvalue weighted by atomic mass is 14.8. The van der Waals surface area contributed by atoms with Crippen molar-refractivity contribution in [3.05, 3.63) is 23.5 Å². The minimum Gasteiger partial charge on any atom is -0.364 e. The molecule has 0 aliphatic carbocycles. The number of fused-ring (bicyclic) bond motifs is 1. The highest BCUT2D eigenvalue weighted by Crippen LogP contribution is 2.19. The molecule has 0 amide bonds. The van der Waals surface area contributed by atoms with Gasteiger partial charge in [-0.25, -0.2) is 0 Å². The molecule has 0 spiro atoms. The lowest BCUT2D eigenvalue weighted by molar-refractivity contribution is 0.711. The van der Waals surface area contributed by atoms with Gasteiger partial charge in [-0.3, -0.25) is 4.99 Å². The molecule has 1 N–H and O–H groups in total. The van der Waals surface area contributed by atoms with Gasteiger partial charge in [0, 0.05) is 29.6 Å². The number of hydrogen-bond donors (Lipinski definition) is 1. The van der Waals surface area contributed by atoms with Gasteiger partial charge in [-0.1, -0.05) is 6.92 Å². The maximum Gasteiger partial charge on any atom is 0.0529 e. The van der Waals surface area contributed by atoms with Crippen molar-refractivity contribution in [2.45, 2.75) is 32.7 Å². The summed E-state index contributed by atoms with van der Waals surface area (Å²) in [5.41, 5.74) is 3.94. The first-order valence-electron chi connectivity index (χ1n) is 4.54. The standard InChI is InChI=1S/C10H14N2/c1-3-9-8-4-5-11-10(8)6-7(2)12-9/h4-5,7,11H,3,6H2,1-2H3. The largest absolute Gasteiger partial charge is 0.364 e. The van der Waals surface area contributed by atoms with E-state index in [1.807, 2.05) is 6.20 Å². The number of aromatic amines is 1. The van der Waals surface area contributed by atoms with E-state index < -0.39 is 0 Å². The van der Waals surface area contributed by atoms with Crippen LogP contribution in [0.25, 0.3) is 0 Å². The van der Waals surface area contributed by atoms with Crippen LogP contribution in [0.1, 0.15) is 31.5 Å². The molecule has 0 fully saturated rings. The molecule has 2 rings (SSSR count). The molecular weight excluding hydrogens is 148 g/mol. The Balaban J connectivity index is 2.44. The van der Waals surface area contributed by atoms with E-state index >= 15 is 0 Å². The van der Waals surface area contributed by atoms with Crippen LogP contribution in [0.4, 0.5) is 0 Å². The Morgan fingerprint density at radius 2 is 2.50 bits per heavy atom. The second-order valence-electron chi connectivity index (χ2n) is 3.35. The summed E-state index contributed by atoms with van der Waals surface area (Å²) in [4.78, 5) is 7.88. The number of aromatic nitrogens is 1. The predicted octanol–water partition coefficient (Wildman–Crippen LogP) is 2.16. The molecule has 1 aromatic heterocycles. The number of aliphatic imine (C=N–C) groups is 1. The molecule has 0 aromatic carbocycles. The summed E-state index contributed by atoms with van der Waals surface area (Å²) < 4.78 is 0. The van der Waals surface area contributed by atoms with Gasteiger partial charge in [0.1, 0.15) is 0 Å². The molecule has 1 aliphatic heterocycles. The minimum absolute atomic E-state index is 0.450. The van der Waals surface area contributed by atoms with Gasteiger partial charge < -0.3 is 4.98 Å². The lowest BCUT2D eigenvalue weighted by atomic mass is 10.00. The lowest BCUT2D eigenvalue weighted by Crippen LogP contribution is -2.17. The van der Waals surface area contributed by atoms with Crippen LogP contribution in [0, 0.1) is 0 Å². The Kier molecular flexibility index (Phi) is 1.75. The molecule has 2 nitrogen and oxygen atoms in total. The van der Waals surface area contributed by atoms with E-state index in [9.17, 15) is 0 Å². The number of nitrogens with one attached hydrogen (secondary N) is 1. The van der Waals surface area contributed by atoms with Gasteiger partial charge in [-0.2, -0.15) is 0 Å². The Morgan fingerprint density at radius 3 is 3.25 bits per heavy atom. The number of nitrogens with zero attached hydrogens (tertiary/aromatic N) is 1. The van der Waals surface area contributed by atoms with E-state index in [0.717, 1.165) is 12.8 Å². The normalized spacial score (nSPS) is 21.8. The molecule has 0 bridgehead atoms. The van der Waals surface area contributed by atoms with Crippen molar-refractivity contribution >= 4 is 5.71 Å². The summed E-state index contributed by atoms with van der Waals surface area (Å²) in [5, 5.41) is 0. The summed E-state index contributed by atoms with van der Waals surface area (Å²) in [6.07, 6.45) is 4.11. The maximum absolute atomic E-state index is 4.61. The average Bonchev–Trinajstić information content (AvgIpc) is 2.50. The minimum atomic E-state index is 0.450. The van der Waals surface area contributed by atoms with Crippen molar-refractivity contribution in [3.8, 4) is 0 Å². The Hall–Kier alpha value is -1.05. The van der Waals surface area contributed by atoms with Crippen LogP contribution in [-0.4, -0.2) is 16.7 Å². The van der Waals surface area contributed by atoms with Crippen molar-refractivity contribution in [1.29, 1.82) is 0 Å². The molecule has 2 heterocycles. The zero-order valence-corrected chi connectivity index (χ0v) is 7.59. The topological polar surface area (TPSA) is 28.1 Å². The van der Waals surface area contributed by atoms with E-state index in [-0.39, 0.29) is 0 Å². The SMILES string of the molecule is CCC1=NC(C)Cc2[nH]ccc21. The van der Waals surface area contributed by atoms with Gasteiger partial charge in [0.15, 0.2) is 0 Å². The lowest BCUT2D eigenvalue weighted by Gasteiger charge is -2.16. The summed E-state index contributed by atoms with van der Waals surface area (Å²) in [7, 11) is 0. The highest BCUT2D eigenvalue weighted by Gasteiger charge is 2.17. The van der Waals surface area contributed by atoms with Gasteiger partial charge in [-0.05, 0) is 19.4 Å². The maximum atomic E-state index is 4.61. The number of hydrogen-bond acceptors (Lipinski definition) is 1. The van der Waals surface area contributed by atoms with Crippen molar-refractivity contribution in [3.63, 3.8) is 0 Å². The molecule has 1 atom stereocenters. The fraction of sp³-hybridized carbons (Fsp3) is 0.500. The van der Waals surface area contributed by atoms with Gasteiger partial charge in [-0.15, -0.1) is 0 Å². The van der Waals surface area contributed by atoms with Crippen molar-refractivity contribution in [1.82, 2.24) is 4.98 Å². The quantitative estimate of drug-likeness (QED) is 0.655. The molecule has 0 saturated heterocycles. The van der Waals surface area contributed by atoms with Gasteiger partial charge in [0.25, 0.3) is 0 Å². The van der Waals surface area contributed by atoms with Crippen LogP contribution in [-0.2, 0) is 6.42 Å². The highest BCUT2D eigenvalue weighted by molar-refractivity contribution is 6.02. The average molecular weight is 162 g/mol. The van der Waals surface area contributed by atoms with Crippen LogP contribution in [0.5, 0.6) is 0 Å². The second-order valence-corrected chi connectivity index (χ2v) is 3.35. The van der Waals surface area contributed by atoms with E-state index in [2.05, 4.69) is 29.9 Å². The summed E-state index contributed by atoms with van der Waals surface area (Å²) in [6, 6.07) is 2.58. The van der Waals surface area contributed by atoms with E-state index in [1.54, 1.807) is 0 Å². The predicted molar refractivity (Wildman–Crippen MR) is 50.8 cm³/mol. The third-order valence-corrected chi connectivity index (χ3v) is 2.35. The first kappa shape index (κ1) is 7.59. The molecule has 1 aliphatic rings. The molecule has 64 valence electrons. The summed E-state index contributed by atoms with van der Waals surface area (Å²) >= 11 is 0. The van der Waals surface area contributed by atoms with E-state index in [0.29, 0.717) is 6.04 Å². The van der Waals surface area contributed by atoms with Crippen LogP contribution >= 0.6 is 0 Å². The third-order valence-electron chi connectivity index (χ3n) is 2.35. The van der Waals surface area contributed by atoms with Crippen molar-refractivity contribution in [2.24, 2.45) is 4.99 Å². The van der Waals surface area contributed by atoms with Crippen LogP contribution in [0.3, 0.4) is 0 Å². The number of rotatable bonds is 1. The Morgan fingerprint density at radius 1 is 1.67 bits per heavy atom. The third kappa shape index (κ3) is 1.07. The first-order chi connectivity index (χ1) is 5.81. The number of H-pyrrole nitrogens is 1. The molecule has 0 saturated carbocycles. The molecule has 1 aromatic rings. The Labute approximate surface area is 72.7 Å². The van der Waals surface area contributed by atoms with Crippen LogP contribution < -0.4 is 0 Å². The van der Waals surface area contributed by atoms with Gasteiger partial charge in [0.2, 0.25) is 0 Å². The van der Waals surface area contributed by atoms with Crippen LogP contribution in [0.2, 0.25) is 0 Å². The zero-order chi connectivity index (χ0) is 8.55. The molecule has 0 radical (unpaired) electrons. The van der Waals surface area contributed by atoms with Gasteiger partial charge >= 0.3 is 0 Å². The monoisotopic (exact) mass is 162 g/mol. The van der Waals surface area contributed by atoms with Crippen molar-refractivity contribution in [2.75, 3.05) is 0 Å². The zero-order valence-electron chi connectivity index (χ0n) is 7.59. The summed E-state index contributed by atoms with van der Waals surface area (Å²) in [6.45, 7) is 4.33. The van der Waals surface area contributed by atoms with Crippen molar-refractivity contribution < 1.29 is 0 Å². The molecule has 12 heavy (non-hydrogen) atoms. The first-order valence-corrected chi connectivity index (χ1v) is 4.54. The molecule has 2 heteroatoms. The second kappa shape index (κ2) is 2.77. The van der Waals surface area contributed by atoms with E-state index in [1.165, 1.54) is 17.0 Å². The van der Waals surface area contributed by atoms with Gasteiger partial charge in [0.05, 0.1) is 6.04 Å². The Bertz CT molecular complexity index is 309. The smallest absolute Gasteiger partial charge is 0.0529 e. The molecular formula is C10H14N2. The fourth-order valence-corrected chi connectivity index (χ4v) is 1.80. The fourth-order valence-electron chi connectivity index (χ4n) is 1.80. The summed E-state index contributed by atoms with van der Waals surface area (Å²) in [5.74, 6) is 0. The van der Waals surface area contributed by atoms with E-state index in [4.69, 9.17) is 0 Å². The molecule has 1 unspecified atom stereocenters.